The molecule has 1 N–H and O–H groups in total. The van der Waals surface area contributed by atoms with Crippen molar-refractivity contribution in [1.82, 2.24) is 9.80 Å². The molecule has 0 aromatic heterocycles. The van der Waals surface area contributed by atoms with Crippen LogP contribution in [0.25, 0.3) is 0 Å². The van der Waals surface area contributed by atoms with Gasteiger partial charge in [-0.2, -0.15) is 0 Å². The van der Waals surface area contributed by atoms with Crippen LogP contribution in [0.1, 0.15) is 19.8 Å². The number of hydrogen-bond acceptors (Lipinski definition) is 5. The Morgan fingerprint density at radius 1 is 1.43 bits per heavy atom. The first-order chi connectivity index (χ1) is 6.56. The van der Waals surface area contributed by atoms with Gasteiger partial charge in [0.25, 0.3) is 0 Å². The second-order valence-electron chi connectivity index (χ2n) is 3.06. The van der Waals surface area contributed by atoms with Crippen molar-refractivity contribution in [3.8, 4) is 0 Å². The molecule has 14 heavy (non-hydrogen) atoms. The minimum absolute atomic E-state index is 1.07. The van der Waals surface area contributed by atoms with E-state index in [2.05, 4.69) is 36.2 Å². The SMILES string of the molecule is CCCCN1C=CN(C)C1.[O-][Br+2]([O-])O. The molecule has 0 unspecified atom stereocenters. The van der Waals surface area contributed by atoms with Crippen LogP contribution in [-0.4, -0.2) is 34.3 Å². The van der Waals surface area contributed by atoms with Crippen LogP contribution in [0, 0.1) is 14.8 Å². The first-order valence-corrected chi connectivity index (χ1v) is 6.43. The molecule has 0 amide bonds. The number of hydrogen-bond donors (Lipinski definition) is 1. The van der Waals surface area contributed by atoms with Gasteiger partial charge in [-0.15, -0.1) is 0 Å². The minimum atomic E-state index is -3.40. The van der Waals surface area contributed by atoms with Crippen molar-refractivity contribution in [3.63, 3.8) is 0 Å². The third-order valence-electron chi connectivity index (χ3n) is 1.74. The Labute approximate surface area is 90.1 Å². The van der Waals surface area contributed by atoms with Crippen molar-refractivity contribution in [3.05, 3.63) is 12.4 Å². The summed E-state index contributed by atoms with van der Waals surface area (Å²) in [5.41, 5.74) is 0. The maximum atomic E-state index is 8.63. The second-order valence-corrected chi connectivity index (χ2v) is 3.91. The highest BCUT2D eigenvalue weighted by Gasteiger charge is 2.05. The van der Waals surface area contributed by atoms with Crippen molar-refractivity contribution >= 4 is 0 Å². The van der Waals surface area contributed by atoms with Gasteiger partial charge in [0, 0.05) is 26.0 Å². The van der Waals surface area contributed by atoms with E-state index in [1.165, 1.54) is 19.4 Å². The molecule has 1 aliphatic rings. The minimum Gasteiger partial charge on any atom is -0.372 e. The van der Waals surface area contributed by atoms with Gasteiger partial charge in [-0.05, 0) is 10.6 Å². The number of rotatable bonds is 3. The summed E-state index contributed by atoms with van der Waals surface area (Å²) in [5, 5.41) is 0. The van der Waals surface area contributed by atoms with Gasteiger partial charge in [0.15, 0.2) is 0 Å². The molecule has 0 atom stereocenters. The topological polar surface area (TPSA) is 72.8 Å². The third-order valence-corrected chi connectivity index (χ3v) is 1.74. The Bertz CT molecular complexity index is 164. The fourth-order valence-electron chi connectivity index (χ4n) is 1.10. The highest BCUT2D eigenvalue weighted by molar-refractivity contribution is 4.88. The van der Waals surface area contributed by atoms with Crippen LogP contribution in [0.4, 0.5) is 0 Å². The molecule has 0 saturated heterocycles. The van der Waals surface area contributed by atoms with E-state index in [1.54, 1.807) is 0 Å². The highest BCUT2D eigenvalue weighted by Crippen LogP contribution is 2.04. The van der Waals surface area contributed by atoms with Crippen molar-refractivity contribution in [2.24, 2.45) is 0 Å². The molecular weight excluding hydrogens is 252 g/mol. The molecule has 0 aromatic carbocycles. The van der Waals surface area contributed by atoms with E-state index >= 15 is 0 Å². The van der Waals surface area contributed by atoms with Gasteiger partial charge in [0.05, 0.1) is 6.67 Å². The molecular formula is C8H17BrN2O3. The summed E-state index contributed by atoms with van der Waals surface area (Å²) < 4.78 is 24.3. The molecule has 1 rings (SSSR count). The molecule has 0 bridgehead atoms. The summed E-state index contributed by atoms with van der Waals surface area (Å²) in [6.45, 7) is 4.50. The fourth-order valence-corrected chi connectivity index (χ4v) is 1.10. The van der Waals surface area contributed by atoms with E-state index in [0.717, 1.165) is 6.67 Å². The van der Waals surface area contributed by atoms with Gasteiger partial charge in [-0.25, -0.2) is 0 Å². The van der Waals surface area contributed by atoms with Crippen molar-refractivity contribution < 1.29 is 27.4 Å². The van der Waals surface area contributed by atoms with E-state index in [1.807, 2.05) is 0 Å². The lowest BCUT2D eigenvalue weighted by molar-refractivity contribution is -1.63. The Hall–Kier alpha value is -0.300. The van der Waals surface area contributed by atoms with E-state index in [-0.39, 0.29) is 0 Å². The van der Waals surface area contributed by atoms with Crippen molar-refractivity contribution in [2.45, 2.75) is 19.8 Å². The third kappa shape index (κ3) is 8.31. The van der Waals surface area contributed by atoms with Crippen LogP contribution in [-0.2, 0) is 0 Å². The fraction of sp³-hybridized carbons (Fsp3) is 0.750. The van der Waals surface area contributed by atoms with Crippen molar-refractivity contribution in [2.75, 3.05) is 20.3 Å². The summed E-state index contributed by atoms with van der Waals surface area (Å²) in [6.07, 6.45) is 6.87. The lowest BCUT2D eigenvalue weighted by atomic mass is 10.3. The molecule has 0 saturated carbocycles. The maximum Gasteiger partial charge on any atom is 0.433 e. The van der Waals surface area contributed by atoms with Crippen molar-refractivity contribution in [1.29, 1.82) is 0 Å². The zero-order valence-corrected chi connectivity index (χ0v) is 10.1. The Morgan fingerprint density at radius 2 is 2.00 bits per heavy atom. The van der Waals surface area contributed by atoms with Crippen LogP contribution in [0.3, 0.4) is 0 Å². The standard InChI is InChI=1S/C8H16N2.BrHO3/c1-3-4-5-10-7-6-9(2)8-10;2-1(3)4/h6-7H,3-5,8H2,1-2H3;2H. The highest BCUT2D eigenvalue weighted by atomic mass is 80.0. The maximum absolute atomic E-state index is 8.63. The number of halogens is 1. The van der Waals surface area contributed by atoms with E-state index in [4.69, 9.17) is 12.6 Å². The average Bonchev–Trinajstić information content (AvgIpc) is 2.47. The molecule has 0 aromatic rings. The zero-order chi connectivity index (χ0) is 11.0. The molecule has 0 fully saturated rings. The van der Waals surface area contributed by atoms with Gasteiger partial charge in [0.2, 0.25) is 0 Å². The Balaban J connectivity index is 0.000000364. The normalized spacial score (nSPS) is 14.7. The van der Waals surface area contributed by atoms with Crippen LogP contribution >= 0.6 is 0 Å². The second kappa shape index (κ2) is 8.05. The lowest BCUT2D eigenvalue weighted by Crippen LogP contribution is -2.30. The number of nitrogens with zero attached hydrogens (tertiary/aromatic N) is 2. The largest absolute Gasteiger partial charge is 0.433 e. The first kappa shape index (κ1) is 13.7. The Morgan fingerprint density at radius 3 is 2.36 bits per heavy atom. The van der Waals surface area contributed by atoms with E-state index in [0.29, 0.717) is 0 Å². The number of unbranched alkanes of at least 4 members (excludes halogenated alkanes) is 1. The summed E-state index contributed by atoms with van der Waals surface area (Å²) in [7, 11) is 2.10. The van der Waals surface area contributed by atoms with Crippen LogP contribution in [0.5, 0.6) is 0 Å². The predicted molar refractivity (Wildman–Crippen MR) is 45.6 cm³/mol. The molecule has 6 heteroatoms. The van der Waals surface area contributed by atoms with Gasteiger partial charge in [-0.1, -0.05) is 13.3 Å². The molecule has 1 aliphatic heterocycles. The van der Waals surface area contributed by atoms with Gasteiger partial charge in [0.1, 0.15) is 0 Å². The monoisotopic (exact) mass is 268 g/mol. The first-order valence-electron chi connectivity index (χ1n) is 4.43. The Kier molecular flexibility index (Phi) is 7.87. The molecule has 5 nitrogen and oxygen atoms in total. The van der Waals surface area contributed by atoms with Gasteiger partial charge >= 0.3 is 14.8 Å². The summed E-state index contributed by atoms with van der Waals surface area (Å²) in [4.78, 5) is 4.53. The predicted octanol–water partition coefficient (Wildman–Crippen LogP) is -1.47. The zero-order valence-electron chi connectivity index (χ0n) is 8.52. The molecule has 1 heterocycles. The molecule has 0 aliphatic carbocycles. The van der Waals surface area contributed by atoms with Gasteiger partial charge < -0.3 is 18.2 Å². The quantitative estimate of drug-likeness (QED) is 0.677. The summed E-state index contributed by atoms with van der Waals surface area (Å²) >= 11 is -3.40. The van der Waals surface area contributed by atoms with E-state index < -0.39 is 14.8 Å². The van der Waals surface area contributed by atoms with E-state index in [9.17, 15) is 0 Å². The van der Waals surface area contributed by atoms with Crippen LogP contribution < -0.4 is 8.40 Å². The molecule has 84 valence electrons. The smallest absolute Gasteiger partial charge is 0.372 e. The molecule has 0 spiro atoms. The van der Waals surface area contributed by atoms with Crippen LogP contribution in [0.15, 0.2) is 12.4 Å². The summed E-state index contributed by atoms with van der Waals surface area (Å²) in [5.74, 6) is 0. The average molecular weight is 269 g/mol. The lowest BCUT2D eigenvalue weighted by Gasteiger charge is -2.17. The summed E-state index contributed by atoms with van der Waals surface area (Å²) in [6, 6.07) is 0. The molecule has 0 radical (unpaired) electrons. The van der Waals surface area contributed by atoms with Gasteiger partial charge in [-0.3, -0.25) is 0 Å². The van der Waals surface area contributed by atoms with Crippen LogP contribution in [0.2, 0.25) is 0 Å².